The summed E-state index contributed by atoms with van der Waals surface area (Å²) in [6.45, 7) is 0. The topological polar surface area (TPSA) is 56.0 Å². The maximum Gasteiger partial charge on any atom is 0.267 e. The van der Waals surface area contributed by atoms with E-state index in [0.717, 1.165) is 5.39 Å². The van der Waals surface area contributed by atoms with Crippen LogP contribution in [0, 0.1) is 6.07 Å². The number of nitrogens with two attached hydrogens (primary N) is 1. The minimum absolute atomic E-state index is 0.276. The number of carbonyl (C=O) groups is 1. The van der Waals surface area contributed by atoms with Gasteiger partial charge < -0.3 is 5.73 Å². The monoisotopic (exact) mass is 171 g/mol. The minimum atomic E-state index is -0.520. The molecule has 13 heavy (non-hydrogen) atoms. The summed E-state index contributed by atoms with van der Waals surface area (Å²) in [4.78, 5) is 14.9. The lowest BCUT2D eigenvalue weighted by molar-refractivity contribution is 0.0997. The fourth-order valence-electron chi connectivity index (χ4n) is 1.24. The van der Waals surface area contributed by atoms with Gasteiger partial charge in [-0.25, -0.2) is 0 Å². The number of rotatable bonds is 1. The van der Waals surface area contributed by atoms with E-state index in [-0.39, 0.29) is 5.69 Å². The van der Waals surface area contributed by atoms with Crippen molar-refractivity contribution in [2.24, 2.45) is 5.73 Å². The molecule has 1 radical (unpaired) electrons. The van der Waals surface area contributed by atoms with Crippen molar-refractivity contribution in [1.82, 2.24) is 4.98 Å². The Morgan fingerprint density at radius 2 is 2.31 bits per heavy atom. The van der Waals surface area contributed by atoms with Gasteiger partial charge in [0.05, 0.1) is 0 Å². The summed E-state index contributed by atoms with van der Waals surface area (Å²) in [7, 11) is 0. The molecule has 0 atom stereocenters. The van der Waals surface area contributed by atoms with Gasteiger partial charge in [0.2, 0.25) is 0 Å². The first-order valence-corrected chi connectivity index (χ1v) is 3.84. The first-order valence-electron chi connectivity index (χ1n) is 3.84. The van der Waals surface area contributed by atoms with E-state index in [1.54, 1.807) is 12.3 Å². The number of pyridine rings is 1. The second kappa shape index (κ2) is 2.86. The number of nitrogens with zero attached hydrogens (tertiary/aromatic N) is 1. The molecule has 1 amide bonds. The van der Waals surface area contributed by atoms with Crippen LogP contribution < -0.4 is 5.73 Å². The molecule has 0 aliphatic rings. The molecule has 0 saturated carbocycles. The van der Waals surface area contributed by atoms with Crippen LogP contribution in [0.1, 0.15) is 10.5 Å². The van der Waals surface area contributed by atoms with Gasteiger partial charge in [0.25, 0.3) is 5.91 Å². The van der Waals surface area contributed by atoms with Crippen LogP contribution in [0.15, 0.2) is 30.5 Å². The number of hydrogen-bond acceptors (Lipinski definition) is 2. The molecule has 3 nitrogen and oxygen atoms in total. The molecule has 0 spiro atoms. The van der Waals surface area contributed by atoms with Gasteiger partial charge in [0.15, 0.2) is 0 Å². The summed E-state index contributed by atoms with van der Waals surface area (Å²) < 4.78 is 0. The van der Waals surface area contributed by atoms with E-state index in [2.05, 4.69) is 11.1 Å². The summed E-state index contributed by atoms with van der Waals surface area (Å²) >= 11 is 0. The highest BCUT2D eigenvalue weighted by molar-refractivity contribution is 6.04. The van der Waals surface area contributed by atoms with Crippen molar-refractivity contribution in [3.63, 3.8) is 0 Å². The number of fused-ring (bicyclic) bond motifs is 1. The third kappa shape index (κ3) is 1.24. The zero-order chi connectivity index (χ0) is 9.26. The summed E-state index contributed by atoms with van der Waals surface area (Å²) in [5, 5.41) is 1.60. The molecule has 3 heteroatoms. The van der Waals surface area contributed by atoms with Crippen LogP contribution in [0.4, 0.5) is 0 Å². The number of benzene rings is 1. The Bertz CT molecular complexity index is 460. The average Bonchev–Trinajstić information content (AvgIpc) is 2.17. The summed E-state index contributed by atoms with van der Waals surface area (Å²) in [6, 6.07) is 10.2. The van der Waals surface area contributed by atoms with E-state index >= 15 is 0 Å². The lowest BCUT2D eigenvalue weighted by Crippen LogP contribution is -2.13. The van der Waals surface area contributed by atoms with Crippen LogP contribution in [0.3, 0.4) is 0 Å². The van der Waals surface area contributed by atoms with Crippen molar-refractivity contribution in [1.29, 1.82) is 0 Å². The summed E-state index contributed by atoms with van der Waals surface area (Å²) in [5.74, 6) is -0.520. The molecule has 63 valence electrons. The number of aromatic nitrogens is 1. The molecular weight excluding hydrogens is 164 g/mol. The normalized spacial score (nSPS) is 10.2. The molecule has 0 bridgehead atoms. The molecule has 0 saturated heterocycles. The molecule has 0 aliphatic heterocycles. The highest BCUT2D eigenvalue weighted by Crippen LogP contribution is 2.14. The summed E-state index contributed by atoms with van der Waals surface area (Å²) in [6.07, 6.45) is 1.57. The van der Waals surface area contributed by atoms with E-state index in [9.17, 15) is 4.79 Å². The predicted octanol–water partition coefficient (Wildman–Crippen LogP) is 1.13. The van der Waals surface area contributed by atoms with Gasteiger partial charge in [-0.3, -0.25) is 9.78 Å². The maximum atomic E-state index is 11.0. The van der Waals surface area contributed by atoms with Crippen LogP contribution >= 0.6 is 0 Å². The Hall–Kier alpha value is -1.90. The molecule has 2 N–H and O–H groups in total. The third-order valence-electron chi connectivity index (χ3n) is 1.82. The molecule has 2 aromatic rings. The van der Waals surface area contributed by atoms with Crippen molar-refractivity contribution in [2.75, 3.05) is 0 Å². The Morgan fingerprint density at radius 3 is 3.08 bits per heavy atom. The Morgan fingerprint density at radius 1 is 1.46 bits per heavy atom. The van der Waals surface area contributed by atoms with Gasteiger partial charge in [0.1, 0.15) is 5.69 Å². The predicted molar refractivity (Wildman–Crippen MR) is 49.1 cm³/mol. The highest BCUT2D eigenvalue weighted by atomic mass is 16.1. The standard InChI is InChI=1S/C10H7N2O/c11-10(13)9-8-4-2-1-3-7(8)5-6-12-9/h1-3,5-6H,(H2,11,13). The molecule has 0 fully saturated rings. The zero-order valence-electron chi connectivity index (χ0n) is 6.82. The van der Waals surface area contributed by atoms with Crippen molar-refractivity contribution in [3.05, 3.63) is 42.2 Å². The largest absolute Gasteiger partial charge is 0.364 e. The van der Waals surface area contributed by atoms with Gasteiger partial charge in [-0.05, 0) is 17.5 Å². The van der Waals surface area contributed by atoms with Gasteiger partial charge in [0, 0.05) is 11.6 Å². The summed E-state index contributed by atoms with van der Waals surface area (Å²) in [5.41, 5.74) is 5.43. The van der Waals surface area contributed by atoms with Gasteiger partial charge in [-0.2, -0.15) is 0 Å². The van der Waals surface area contributed by atoms with Crippen molar-refractivity contribution in [3.8, 4) is 0 Å². The Kier molecular flexibility index (Phi) is 1.70. The second-order valence-corrected chi connectivity index (χ2v) is 2.66. The Balaban J connectivity index is 2.83. The molecule has 2 rings (SSSR count). The van der Waals surface area contributed by atoms with E-state index < -0.39 is 5.91 Å². The molecule has 1 heterocycles. The number of carbonyl (C=O) groups excluding carboxylic acids is 1. The van der Waals surface area contributed by atoms with E-state index in [4.69, 9.17) is 5.73 Å². The van der Waals surface area contributed by atoms with Crippen LogP contribution in [0.25, 0.3) is 10.8 Å². The minimum Gasteiger partial charge on any atom is -0.364 e. The molecule has 0 aliphatic carbocycles. The van der Waals surface area contributed by atoms with Crippen molar-refractivity contribution >= 4 is 16.7 Å². The smallest absolute Gasteiger partial charge is 0.267 e. The van der Waals surface area contributed by atoms with Crippen LogP contribution in [-0.2, 0) is 0 Å². The Labute approximate surface area is 75.2 Å². The number of primary amides is 1. The van der Waals surface area contributed by atoms with Gasteiger partial charge in [-0.15, -0.1) is 0 Å². The quantitative estimate of drug-likeness (QED) is 0.699. The van der Waals surface area contributed by atoms with Gasteiger partial charge >= 0.3 is 0 Å². The zero-order valence-corrected chi connectivity index (χ0v) is 6.82. The van der Waals surface area contributed by atoms with E-state index in [1.165, 1.54) is 0 Å². The second-order valence-electron chi connectivity index (χ2n) is 2.66. The number of hydrogen-bond donors (Lipinski definition) is 1. The van der Waals surface area contributed by atoms with Gasteiger partial charge in [-0.1, -0.05) is 18.2 Å². The van der Waals surface area contributed by atoms with E-state index in [0.29, 0.717) is 5.39 Å². The SMILES string of the molecule is NC(=O)c1nccc2ccc[c]c12. The molecule has 1 aromatic heterocycles. The fourth-order valence-corrected chi connectivity index (χ4v) is 1.24. The van der Waals surface area contributed by atoms with Crippen molar-refractivity contribution < 1.29 is 4.79 Å². The highest BCUT2D eigenvalue weighted by Gasteiger charge is 2.06. The average molecular weight is 171 g/mol. The van der Waals surface area contributed by atoms with E-state index in [1.807, 2.05) is 18.2 Å². The maximum absolute atomic E-state index is 11.0. The van der Waals surface area contributed by atoms with Crippen LogP contribution in [-0.4, -0.2) is 10.9 Å². The lowest BCUT2D eigenvalue weighted by atomic mass is 10.1. The molecule has 1 aromatic carbocycles. The molecule has 0 unspecified atom stereocenters. The first kappa shape index (κ1) is 7.73. The van der Waals surface area contributed by atoms with Crippen LogP contribution in [0.2, 0.25) is 0 Å². The lowest BCUT2D eigenvalue weighted by Gasteiger charge is -1.99. The fraction of sp³-hybridized carbons (Fsp3) is 0. The first-order chi connectivity index (χ1) is 6.29. The molecular formula is C10H7N2O. The third-order valence-corrected chi connectivity index (χ3v) is 1.82. The van der Waals surface area contributed by atoms with Crippen molar-refractivity contribution in [2.45, 2.75) is 0 Å². The van der Waals surface area contributed by atoms with Crippen LogP contribution in [0.5, 0.6) is 0 Å². The number of amides is 1.